The number of H-pyrrole nitrogens is 2. The van der Waals surface area contributed by atoms with Gasteiger partial charge >= 0.3 is 30.5 Å². The third kappa shape index (κ3) is 14.3. The molecule has 6 heterocycles. The Morgan fingerprint density at radius 2 is 0.745 bits per heavy atom. The number of tetrazole rings is 2. The van der Waals surface area contributed by atoms with Crippen molar-refractivity contribution in [2.45, 2.75) is 42.2 Å². The van der Waals surface area contributed by atoms with Gasteiger partial charge in [-0.25, -0.2) is 0 Å². The molecule has 32 heteroatoms. The van der Waals surface area contributed by atoms with Crippen LogP contribution in [0.15, 0.2) is 170 Å². The van der Waals surface area contributed by atoms with Crippen molar-refractivity contribution in [2.75, 3.05) is 56.8 Å². The van der Waals surface area contributed by atoms with Crippen molar-refractivity contribution < 1.29 is 83.3 Å². The number of fused-ring (bicyclic) bond motifs is 4. The third-order valence-electron chi connectivity index (χ3n) is 15.2. The molecule has 0 saturated heterocycles. The summed E-state index contributed by atoms with van der Waals surface area (Å²) in [7, 11) is 0. The van der Waals surface area contributed by atoms with Crippen LogP contribution in [0.4, 0.5) is 74.2 Å². The molecule has 0 radical (unpaired) electrons. The standard InChI is InChI=1S/2C18H13F3N6O2.C17H12F3NO3.C9H9NO2/c2*19-18(20,21)11-5-3-4-10(8-11)16(29)27-9-13(12-6-1-2-7-14(12)27)15(28)22-17-23-25-26-24-17;18-17(19,20)11-5-3-4-10(8-11)15(22)21-9-13(16(23)24)12-6-1-2-7-14(12)21;11-9(12)7-5-10-8-4-2-1-3-6(7)8/h2*1-8,13H,9H2,(H2,22,23,24,25,26,28);1-8,13H,9H2,(H,23,24);1-4,7,10H,5H2,(H,11,12). The van der Waals surface area contributed by atoms with Crippen molar-refractivity contribution in [1.82, 2.24) is 41.2 Å². The monoisotopic (exact) mass is 1300 g/mol. The van der Waals surface area contributed by atoms with Crippen LogP contribution in [0.25, 0.3) is 0 Å². The Kier molecular flexibility index (Phi) is 18.6. The number of benzene rings is 7. The lowest BCUT2D eigenvalue weighted by Crippen LogP contribution is -2.33. The number of rotatable bonds is 9. The number of halogens is 9. The van der Waals surface area contributed by atoms with Crippen molar-refractivity contribution in [1.29, 1.82) is 0 Å². The number of aromatic nitrogens is 8. The largest absolute Gasteiger partial charge is 0.481 e. The minimum Gasteiger partial charge on any atom is -0.481 e. The van der Waals surface area contributed by atoms with Gasteiger partial charge in [0.15, 0.2) is 0 Å². The Morgan fingerprint density at radius 1 is 0.415 bits per heavy atom. The average molecular weight is 1300 g/mol. The van der Waals surface area contributed by atoms with Gasteiger partial charge in [0.1, 0.15) is 11.8 Å². The molecular weight excluding hydrogens is 1260 g/mol. The van der Waals surface area contributed by atoms with Crippen molar-refractivity contribution in [3.05, 3.63) is 225 Å². The smallest absolute Gasteiger partial charge is 0.416 e. The van der Waals surface area contributed by atoms with Crippen LogP contribution in [0.1, 0.15) is 93.7 Å². The first-order chi connectivity index (χ1) is 44.8. The lowest BCUT2D eigenvalue weighted by molar-refractivity contribution is -0.139. The molecule has 482 valence electrons. The number of nitrogens with zero attached hydrogens (tertiary/aromatic N) is 9. The lowest BCUT2D eigenvalue weighted by Gasteiger charge is -2.18. The molecule has 4 atom stereocenters. The molecule has 0 saturated carbocycles. The summed E-state index contributed by atoms with van der Waals surface area (Å²) >= 11 is 0. The minimum absolute atomic E-state index is 0.0184. The lowest BCUT2D eigenvalue weighted by atomic mass is 10.0. The fourth-order valence-electron chi connectivity index (χ4n) is 10.7. The number of carbonyl (C=O) groups excluding carboxylic acids is 5. The number of aliphatic carboxylic acids is 2. The Bertz CT molecular complexity index is 4150. The van der Waals surface area contributed by atoms with Gasteiger partial charge in [0.25, 0.3) is 29.6 Å². The van der Waals surface area contributed by atoms with E-state index < -0.39 is 94.4 Å². The van der Waals surface area contributed by atoms with Crippen LogP contribution in [0, 0.1) is 0 Å². The molecule has 0 bridgehead atoms. The SMILES string of the molecule is O=C(Nc1nn[nH]n1)C1CN(C(=O)c2cccc(C(F)(F)F)c2)c2ccccc21.O=C(Nc1nn[nH]n1)C1CN(C(=O)c2cccc(C(F)(F)F)c2)c2ccccc21.O=C(O)C1CN(C(=O)c2cccc(C(F)(F)F)c2)c2ccccc21.O=C(O)C1CNc2ccccc21. The number of hydrogen-bond donors (Lipinski definition) is 7. The van der Waals surface area contributed by atoms with Gasteiger partial charge < -0.3 is 30.2 Å². The Balaban J connectivity index is 0.000000142. The highest BCUT2D eigenvalue weighted by Gasteiger charge is 2.42. The second kappa shape index (κ2) is 26.9. The topological polar surface area (TPSA) is 315 Å². The molecular formula is C62H47F9N14O9. The molecule has 4 aliphatic heterocycles. The summed E-state index contributed by atoms with van der Waals surface area (Å²) in [5.41, 5.74) is 1.69. The zero-order valence-electron chi connectivity index (χ0n) is 48.0. The summed E-state index contributed by atoms with van der Waals surface area (Å²) in [6, 6.07) is 40.0. The van der Waals surface area contributed by atoms with E-state index in [0.717, 1.165) is 53.7 Å². The number of hydrogen-bond acceptors (Lipinski definition) is 14. The van der Waals surface area contributed by atoms with Crippen LogP contribution < -0.4 is 30.7 Å². The minimum atomic E-state index is -4.56. The maximum atomic E-state index is 13.0. The Labute approximate surface area is 523 Å². The van der Waals surface area contributed by atoms with E-state index >= 15 is 0 Å². The maximum Gasteiger partial charge on any atom is 0.416 e. The molecule has 4 aliphatic rings. The Hall–Kier alpha value is -11.9. The van der Waals surface area contributed by atoms with E-state index in [2.05, 4.69) is 57.2 Å². The summed E-state index contributed by atoms with van der Waals surface area (Å²) in [5, 5.41) is 51.9. The van der Waals surface area contributed by atoms with Crippen LogP contribution in [0.5, 0.6) is 0 Å². The predicted octanol–water partition coefficient (Wildman–Crippen LogP) is 10.0. The van der Waals surface area contributed by atoms with Crippen molar-refractivity contribution in [3.63, 3.8) is 0 Å². The van der Waals surface area contributed by atoms with Crippen molar-refractivity contribution in [2.24, 2.45) is 0 Å². The van der Waals surface area contributed by atoms with Crippen LogP contribution in [-0.4, -0.2) is 119 Å². The third-order valence-corrected chi connectivity index (χ3v) is 15.2. The van der Waals surface area contributed by atoms with E-state index in [0.29, 0.717) is 40.3 Å². The predicted molar refractivity (Wildman–Crippen MR) is 315 cm³/mol. The molecule has 7 N–H and O–H groups in total. The first kappa shape index (κ1) is 65.1. The van der Waals surface area contributed by atoms with E-state index in [9.17, 15) is 78.2 Å². The van der Waals surface area contributed by atoms with Gasteiger partial charge in [0.2, 0.25) is 11.8 Å². The number of para-hydroxylation sites is 4. The highest BCUT2D eigenvalue weighted by atomic mass is 19.4. The van der Waals surface area contributed by atoms with Gasteiger partial charge in [-0.3, -0.25) is 44.2 Å². The Morgan fingerprint density at radius 3 is 1.09 bits per heavy atom. The molecule has 94 heavy (non-hydrogen) atoms. The maximum absolute atomic E-state index is 13.0. The van der Waals surface area contributed by atoms with Crippen LogP contribution >= 0.6 is 0 Å². The molecule has 0 fully saturated rings. The van der Waals surface area contributed by atoms with E-state index in [4.69, 9.17) is 5.11 Å². The zero-order chi connectivity index (χ0) is 67.2. The second-order valence-electron chi connectivity index (χ2n) is 21.0. The van der Waals surface area contributed by atoms with Gasteiger partial charge in [-0.05, 0) is 112 Å². The number of anilines is 6. The molecule has 13 rings (SSSR count). The molecule has 0 spiro atoms. The second-order valence-corrected chi connectivity index (χ2v) is 21.0. The molecule has 5 amide bonds. The van der Waals surface area contributed by atoms with Gasteiger partial charge in [-0.2, -0.15) is 49.9 Å². The number of carbonyl (C=O) groups is 7. The van der Waals surface area contributed by atoms with Crippen LogP contribution in [0.3, 0.4) is 0 Å². The first-order valence-corrected chi connectivity index (χ1v) is 27.9. The van der Waals surface area contributed by atoms with Gasteiger partial charge in [0, 0.05) is 65.6 Å². The fourth-order valence-corrected chi connectivity index (χ4v) is 10.7. The summed E-state index contributed by atoms with van der Waals surface area (Å²) < 4.78 is 116. The molecule has 0 aliphatic carbocycles. The fraction of sp³-hybridized carbons (Fsp3) is 0.177. The molecule has 7 aromatic carbocycles. The zero-order valence-corrected chi connectivity index (χ0v) is 48.0. The molecule has 4 unspecified atom stereocenters. The average Bonchev–Trinajstić information content (AvgIpc) is 1.63. The van der Waals surface area contributed by atoms with Gasteiger partial charge in [-0.1, -0.05) is 101 Å². The molecule has 9 aromatic rings. The van der Waals surface area contributed by atoms with E-state index in [-0.39, 0.29) is 54.1 Å². The van der Waals surface area contributed by atoms with Crippen LogP contribution in [-0.2, 0) is 37.7 Å². The van der Waals surface area contributed by atoms with E-state index in [1.807, 2.05) is 24.3 Å². The van der Waals surface area contributed by atoms with E-state index in [1.165, 1.54) is 45.0 Å². The number of nitrogens with one attached hydrogen (secondary N) is 5. The highest BCUT2D eigenvalue weighted by Crippen LogP contribution is 2.42. The van der Waals surface area contributed by atoms with Gasteiger partial charge in [0.05, 0.1) is 28.5 Å². The van der Waals surface area contributed by atoms with Crippen molar-refractivity contribution in [3.8, 4) is 0 Å². The highest BCUT2D eigenvalue weighted by molar-refractivity contribution is 6.12. The number of amides is 5. The number of carboxylic acids is 2. The molecule has 23 nitrogen and oxygen atoms in total. The van der Waals surface area contributed by atoms with Crippen molar-refractivity contribution >= 4 is 76.1 Å². The van der Waals surface area contributed by atoms with E-state index in [1.54, 1.807) is 72.8 Å². The number of alkyl halides is 9. The van der Waals surface area contributed by atoms with Gasteiger partial charge in [-0.15, -0.1) is 10.2 Å². The quantitative estimate of drug-likeness (QED) is 0.0661. The molecule has 2 aromatic heterocycles. The number of aromatic amines is 2. The normalized spacial score (nSPS) is 16.6. The summed E-state index contributed by atoms with van der Waals surface area (Å²) in [6.45, 7) is 0.342. The van der Waals surface area contributed by atoms with Crippen LogP contribution in [0.2, 0.25) is 0 Å². The summed E-state index contributed by atoms with van der Waals surface area (Å²) in [4.78, 5) is 89.7. The first-order valence-electron chi connectivity index (χ1n) is 27.9. The summed E-state index contributed by atoms with van der Waals surface area (Å²) in [5.74, 6) is -7.44. The number of carboxylic acid groups (broad SMARTS) is 2. The summed E-state index contributed by atoms with van der Waals surface area (Å²) in [6.07, 6.45) is -13.7.